The molecule has 0 aromatic heterocycles. The highest BCUT2D eigenvalue weighted by molar-refractivity contribution is 14.1. The minimum Gasteiger partial charge on any atom is -0.294 e. The molecule has 0 aromatic rings. The van der Waals surface area contributed by atoms with Gasteiger partial charge in [-0.05, 0) is 57.8 Å². The molecular formula is C8H10BrIO. The molecule has 1 aliphatic carbocycles. The molecule has 0 heterocycles. The molecule has 0 aromatic carbocycles. The van der Waals surface area contributed by atoms with Gasteiger partial charge in [-0.3, -0.25) is 4.79 Å². The van der Waals surface area contributed by atoms with E-state index in [1.165, 1.54) is 0 Å². The molecule has 0 N–H and O–H groups in total. The number of allylic oxidation sites excluding steroid dienone is 1. The second kappa shape index (κ2) is 4.03. The highest BCUT2D eigenvalue weighted by Crippen LogP contribution is 2.31. The number of hydrogen-bond donors (Lipinski definition) is 0. The Labute approximate surface area is 88.9 Å². The summed E-state index contributed by atoms with van der Waals surface area (Å²) in [6, 6.07) is 0. The molecule has 1 saturated carbocycles. The second-order valence-corrected chi connectivity index (χ2v) is 6.25. The van der Waals surface area contributed by atoms with Gasteiger partial charge in [-0.1, -0.05) is 6.92 Å². The van der Waals surface area contributed by atoms with Gasteiger partial charge in [0.2, 0.25) is 0 Å². The number of halogens is 2. The number of ketones is 1. The first-order chi connectivity index (χ1) is 5.13. The fourth-order valence-electron chi connectivity index (χ4n) is 1.32. The van der Waals surface area contributed by atoms with Gasteiger partial charge in [-0.25, -0.2) is 0 Å². The minimum atomic E-state index is 0.237. The van der Waals surface area contributed by atoms with Gasteiger partial charge in [0.05, 0.1) is 2.49 Å². The van der Waals surface area contributed by atoms with Crippen LogP contribution in [0, 0.1) is 5.92 Å². The summed E-state index contributed by atoms with van der Waals surface area (Å²) in [6.45, 7) is 2.01. The van der Waals surface area contributed by atoms with E-state index in [1.807, 2.05) is 6.92 Å². The molecule has 0 amide bonds. The van der Waals surface area contributed by atoms with Crippen molar-refractivity contribution in [2.24, 2.45) is 5.92 Å². The van der Waals surface area contributed by atoms with Crippen LogP contribution in [0.25, 0.3) is 0 Å². The van der Waals surface area contributed by atoms with Crippen molar-refractivity contribution in [1.29, 1.82) is 0 Å². The molecule has 0 spiro atoms. The van der Waals surface area contributed by atoms with Crippen LogP contribution in [-0.2, 0) is 4.79 Å². The first kappa shape index (κ1) is 9.71. The van der Waals surface area contributed by atoms with Crippen molar-refractivity contribution in [3.63, 3.8) is 0 Å². The van der Waals surface area contributed by atoms with Crippen molar-refractivity contribution in [2.75, 3.05) is 0 Å². The number of hydrogen-bond acceptors (Lipinski definition) is 1. The van der Waals surface area contributed by atoms with E-state index >= 15 is 0 Å². The lowest BCUT2D eigenvalue weighted by atomic mass is 9.86. The van der Waals surface area contributed by atoms with Gasteiger partial charge < -0.3 is 0 Å². The average molecular weight is 329 g/mol. The maximum atomic E-state index is 11.5. The van der Waals surface area contributed by atoms with Gasteiger partial charge in [0.1, 0.15) is 0 Å². The molecule has 1 unspecified atom stereocenters. The third-order valence-corrected chi connectivity index (χ3v) is 3.17. The van der Waals surface area contributed by atoms with E-state index < -0.39 is 0 Å². The van der Waals surface area contributed by atoms with E-state index in [4.69, 9.17) is 0 Å². The predicted molar refractivity (Wildman–Crippen MR) is 58.0 cm³/mol. The first-order valence-corrected chi connectivity index (χ1v) is 5.58. The van der Waals surface area contributed by atoms with Gasteiger partial charge in [0.25, 0.3) is 0 Å². The van der Waals surface area contributed by atoms with Crippen LogP contribution < -0.4 is 0 Å². The smallest absolute Gasteiger partial charge is 0.163 e. The predicted octanol–water partition coefficient (Wildman–Crippen LogP) is 3.42. The lowest BCUT2D eigenvalue weighted by molar-refractivity contribution is -0.119. The number of carbonyl (C=O) groups is 1. The monoisotopic (exact) mass is 328 g/mol. The summed E-state index contributed by atoms with van der Waals surface area (Å²) < 4.78 is 0.992. The molecule has 3 heteroatoms. The molecule has 1 atom stereocenters. The second-order valence-electron chi connectivity index (χ2n) is 2.90. The Bertz CT molecular complexity index is 206. The Morgan fingerprint density at radius 3 is 2.82 bits per heavy atom. The van der Waals surface area contributed by atoms with Gasteiger partial charge in [-0.15, -0.1) is 0 Å². The van der Waals surface area contributed by atoms with Crippen molar-refractivity contribution in [2.45, 2.75) is 26.2 Å². The van der Waals surface area contributed by atoms with E-state index in [0.29, 0.717) is 5.78 Å². The number of carbonyl (C=O) groups excluding carboxylic acids is 1. The molecular weight excluding hydrogens is 319 g/mol. The summed E-state index contributed by atoms with van der Waals surface area (Å²) in [5, 5.41) is 0. The Kier molecular flexibility index (Phi) is 3.55. The summed E-state index contributed by atoms with van der Waals surface area (Å²) >= 11 is 5.51. The minimum absolute atomic E-state index is 0.237. The van der Waals surface area contributed by atoms with E-state index in [1.54, 1.807) is 0 Å². The van der Waals surface area contributed by atoms with Crippen molar-refractivity contribution >= 4 is 44.3 Å². The Hall–Kier alpha value is 0.620. The lowest BCUT2D eigenvalue weighted by Gasteiger charge is -2.19. The van der Waals surface area contributed by atoms with Crippen LogP contribution in [0.3, 0.4) is 0 Å². The Balaban J connectivity index is 2.83. The average Bonchev–Trinajstić information content (AvgIpc) is 1.94. The molecule has 11 heavy (non-hydrogen) atoms. The van der Waals surface area contributed by atoms with Gasteiger partial charge in [-0.2, -0.15) is 0 Å². The highest BCUT2D eigenvalue weighted by Gasteiger charge is 2.23. The third kappa shape index (κ3) is 2.28. The molecule has 62 valence electrons. The lowest BCUT2D eigenvalue weighted by Crippen LogP contribution is -2.18. The van der Waals surface area contributed by atoms with Crippen LogP contribution in [0.1, 0.15) is 26.2 Å². The maximum absolute atomic E-state index is 11.5. The molecule has 1 aliphatic rings. The largest absolute Gasteiger partial charge is 0.294 e. The van der Waals surface area contributed by atoms with Crippen LogP contribution in [-0.4, -0.2) is 5.78 Å². The van der Waals surface area contributed by atoms with Crippen LogP contribution in [0.2, 0.25) is 0 Å². The fourth-order valence-corrected chi connectivity index (χ4v) is 2.25. The molecule has 1 fully saturated rings. The molecule has 0 radical (unpaired) electrons. The van der Waals surface area contributed by atoms with Gasteiger partial charge in [0, 0.05) is 11.5 Å². The van der Waals surface area contributed by atoms with Crippen molar-refractivity contribution in [3.05, 3.63) is 8.06 Å². The third-order valence-electron chi connectivity index (χ3n) is 2.04. The quantitative estimate of drug-likeness (QED) is 0.492. The number of Topliss-reactive ketones (excluding diaryl/α,β-unsaturated/α-hetero) is 1. The summed E-state index contributed by atoms with van der Waals surface area (Å²) in [4.78, 5) is 11.5. The van der Waals surface area contributed by atoms with Crippen LogP contribution in [0.4, 0.5) is 0 Å². The zero-order valence-corrected chi connectivity index (χ0v) is 10.1. The van der Waals surface area contributed by atoms with Crippen LogP contribution in [0.5, 0.6) is 0 Å². The van der Waals surface area contributed by atoms with E-state index in [0.717, 1.165) is 27.3 Å². The highest BCUT2D eigenvalue weighted by atomic mass is 127. The summed E-state index contributed by atoms with van der Waals surface area (Å²) in [7, 11) is 0. The van der Waals surface area contributed by atoms with Crippen LogP contribution >= 0.6 is 38.5 Å². The zero-order chi connectivity index (χ0) is 8.43. The maximum Gasteiger partial charge on any atom is 0.163 e. The van der Waals surface area contributed by atoms with Gasteiger partial charge >= 0.3 is 0 Å². The molecule has 0 aliphatic heterocycles. The van der Waals surface area contributed by atoms with Gasteiger partial charge in [0.15, 0.2) is 5.78 Å². The molecule has 0 bridgehead atoms. The SMILES string of the molecule is CC1CCC/C(=C(\Br)I)C1=O. The van der Waals surface area contributed by atoms with Crippen LogP contribution in [0.15, 0.2) is 8.06 Å². The van der Waals surface area contributed by atoms with Crippen molar-refractivity contribution in [1.82, 2.24) is 0 Å². The Morgan fingerprint density at radius 1 is 1.73 bits per heavy atom. The molecule has 0 saturated heterocycles. The standard InChI is InChI=1S/C8H10BrIO/c1-5-3-2-4-6(7(5)11)8(9)10/h5H,2-4H2,1H3/b8-6-. The summed E-state index contributed by atoms with van der Waals surface area (Å²) in [5.74, 6) is 0.568. The van der Waals surface area contributed by atoms with Crippen molar-refractivity contribution in [3.8, 4) is 0 Å². The first-order valence-electron chi connectivity index (χ1n) is 3.71. The molecule has 1 nitrogen and oxygen atoms in total. The number of rotatable bonds is 0. The van der Waals surface area contributed by atoms with E-state index in [-0.39, 0.29) is 5.92 Å². The fraction of sp³-hybridized carbons (Fsp3) is 0.625. The van der Waals surface area contributed by atoms with E-state index in [2.05, 4.69) is 38.5 Å². The normalized spacial score (nSPS) is 30.5. The van der Waals surface area contributed by atoms with E-state index in [9.17, 15) is 4.79 Å². The summed E-state index contributed by atoms with van der Waals surface area (Å²) in [6.07, 6.45) is 3.16. The zero-order valence-electron chi connectivity index (χ0n) is 6.36. The van der Waals surface area contributed by atoms with Crippen molar-refractivity contribution < 1.29 is 4.79 Å². The molecule has 1 rings (SSSR count). The Morgan fingerprint density at radius 2 is 2.36 bits per heavy atom. The topological polar surface area (TPSA) is 17.1 Å². The summed E-state index contributed by atoms with van der Waals surface area (Å²) in [5.41, 5.74) is 0.990.